The fourth-order valence-electron chi connectivity index (χ4n) is 2.30. The highest BCUT2D eigenvalue weighted by Crippen LogP contribution is 2.43. The minimum absolute atomic E-state index is 0.427. The Morgan fingerprint density at radius 2 is 1.95 bits per heavy atom. The Morgan fingerprint density at radius 1 is 1.18 bits per heavy atom. The van der Waals surface area contributed by atoms with Gasteiger partial charge in [0.2, 0.25) is 0 Å². The summed E-state index contributed by atoms with van der Waals surface area (Å²) >= 11 is 8.73. The summed E-state index contributed by atoms with van der Waals surface area (Å²) < 4.78 is 1.14. The number of halogens is 1. The van der Waals surface area contributed by atoms with Gasteiger partial charge in [-0.2, -0.15) is 0 Å². The van der Waals surface area contributed by atoms with Crippen LogP contribution in [0.1, 0.15) is 41.4 Å². The van der Waals surface area contributed by atoms with Gasteiger partial charge in [-0.15, -0.1) is 34.0 Å². The number of hydrogen-bond donors (Lipinski definition) is 0. The van der Waals surface area contributed by atoms with E-state index in [1.54, 1.807) is 34.0 Å². The molecule has 0 radical (unpaired) electrons. The molecule has 3 aromatic rings. The van der Waals surface area contributed by atoms with Crippen molar-refractivity contribution >= 4 is 56.2 Å². The van der Waals surface area contributed by atoms with Crippen molar-refractivity contribution in [3.63, 3.8) is 0 Å². The van der Waals surface area contributed by atoms with Crippen LogP contribution >= 0.6 is 49.9 Å². The minimum Gasteiger partial charge on any atom is -0.297 e. The number of thiophene rings is 3. The SMILES string of the molecule is CCC(C)c1cc(-c2ccc(-c3sccc3Br)s2)sc1C=O. The quantitative estimate of drug-likeness (QED) is 0.403. The lowest BCUT2D eigenvalue weighted by atomic mass is 9.99. The lowest BCUT2D eigenvalue weighted by molar-refractivity contribution is 0.112. The average molecular weight is 411 g/mol. The molecule has 0 spiro atoms. The van der Waals surface area contributed by atoms with Crippen LogP contribution in [-0.4, -0.2) is 6.29 Å². The van der Waals surface area contributed by atoms with Crippen LogP contribution in [-0.2, 0) is 0 Å². The van der Waals surface area contributed by atoms with Crippen LogP contribution < -0.4 is 0 Å². The second-order valence-electron chi connectivity index (χ2n) is 5.12. The monoisotopic (exact) mass is 410 g/mol. The van der Waals surface area contributed by atoms with Crippen LogP contribution in [0.4, 0.5) is 0 Å². The largest absolute Gasteiger partial charge is 0.297 e. The van der Waals surface area contributed by atoms with Crippen LogP contribution in [0.5, 0.6) is 0 Å². The third-order valence-corrected chi connectivity index (χ3v) is 8.11. The van der Waals surface area contributed by atoms with E-state index in [2.05, 4.69) is 59.4 Å². The molecule has 0 fully saturated rings. The molecule has 114 valence electrons. The number of carbonyl (C=O) groups is 1. The first-order valence-corrected chi connectivity index (χ1v) is 10.4. The number of carbonyl (C=O) groups excluding carboxylic acids is 1. The summed E-state index contributed by atoms with van der Waals surface area (Å²) in [4.78, 5) is 17.2. The Kier molecular flexibility index (Phi) is 4.97. The predicted molar refractivity (Wildman–Crippen MR) is 103 cm³/mol. The molecule has 1 unspecified atom stereocenters. The number of rotatable bonds is 5. The predicted octanol–water partition coefficient (Wildman–Crippen LogP) is 7.29. The molecule has 3 heterocycles. The van der Waals surface area contributed by atoms with E-state index in [1.807, 2.05) is 0 Å². The summed E-state index contributed by atoms with van der Waals surface area (Å²) in [6, 6.07) is 8.60. The second kappa shape index (κ2) is 6.79. The summed E-state index contributed by atoms with van der Waals surface area (Å²) in [5.74, 6) is 0.427. The molecule has 0 aromatic carbocycles. The maximum absolute atomic E-state index is 11.3. The Balaban J connectivity index is 1.99. The van der Waals surface area contributed by atoms with E-state index in [9.17, 15) is 4.79 Å². The zero-order chi connectivity index (χ0) is 15.7. The van der Waals surface area contributed by atoms with Gasteiger partial charge in [0.1, 0.15) is 0 Å². The van der Waals surface area contributed by atoms with Crippen molar-refractivity contribution in [3.8, 4) is 19.5 Å². The van der Waals surface area contributed by atoms with E-state index in [4.69, 9.17) is 0 Å². The molecular formula is C17H15BrOS3. The molecule has 5 heteroatoms. The molecule has 0 saturated carbocycles. The maximum atomic E-state index is 11.3. The van der Waals surface area contributed by atoms with Gasteiger partial charge in [-0.3, -0.25) is 4.79 Å². The first kappa shape index (κ1) is 16.1. The molecule has 0 saturated heterocycles. The van der Waals surface area contributed by atoms with E-state index in [0.717, 1.165) is 22.1 Å². The van der Waals surface area contributed by atoms with E-state index in [0.29, 0.717) is 5.92 Å². The van der Waals surface area contributed by atoms with Crippen molar-refractivity contribution in [1.29, 1.82) is 0 Å². The van der Waals surface area contributed by atoms with Crippen molar-refractivity contribution in [2.24, 2.45) is 0 Å². The highest BCUT2D eigenvalue weighted by Gasteiger charge is 2.16. The van der Waals surface area contributed by atoms with Gasteiger partial charge in [0.25, 0.3) is 0 Å². The van der Waals surface area contributed by atoms with Crippen LogP contribution in [0.25, 0.3) is 19.5 Å². The van der Waals surface area contributed by atoms with Crippen molar-refractivity contribution in [1.82, 2.24) is 0 Å². The first-order chi connectivity index (χ1) is 10.6. The molecule has 0 aliphatic heterocycles. The van der Waals surface area contributed by atoms with Crippen molar-refractivity contribution in [2.75, 3.05) is 0 Å². The fourth-order valence-corrected chi connectivity index (χ4v) is 6.35. The third-order valence-electron chi connectivity index (χ3n) is 3.73. The van der Waals surface area contributed by atoms with Crippen LogP contribution in [0.15, 0.2) is 34.1 Å². The zero-order valence-electron chi connectivity index (χ0n) is 12.3. The second-order valence-corrected chi connectivity index (χ2v) is 9.06. The smallest absolute Gasteiger partial charge is 0.160 e. The van der Waals surface area contributed by atoms with Gasteiger partial charge in [-0.1, -0.05) is 13.8 Å². The molecular weight excluding hydrogens is 396 g/mol. The van der Waals surface area contributed by atoms with Gasteiger partial charge in [0, 0.05) is 19.1 Å². The first-order valence-electron chi connectivity index (χ1n) is 7.06. The molecule has 3 rings (SSSR count). The lowest BCUT2D eigenvalue weighted by Gasteiger charge is -2.05. The average Bonchev–Trinajstić information content (AvgIpc) is 3.23. The Bertz CT molecular complexity index is 797. The zero-order valence-corrected chi connectivity index (χ0v) is 16.3. The van der Waals surface area contributed by atoms with Gasteiger partial charge in [-0.25, -0.2) is 0 Å². The molecule has 0 aliphatic carbocycles. The molecule has 0 amide bonds. The van der Waals surface area contributed by atoms with Crippen molar-refractivity contribution in [3.05, 3.63) is 44.6 Å². The topological polar surface area (TPSA) is 17.1 Å². The summed E-state index contributed by atoms with van der Waals surface area (Å²) in [5.41, 5.74) is 1.18. The van der Waals surface area contributed by atoms with Crippen LogP contribution in [0.3, 0.4) is 0 Å². The highest BCUT2D eigenvalue weighted by molar-refractivity contribution is 9.10. The van der Waals surface area contributed by atoms with Gasteiger partial charge in [-0.05, 0) is 63.5 Å². The molecule has 0 bridgehead atoms. The Labute approximate surface area is 150 Å². The third kappa shape index (κ3) is 3.00. The van der Waals surface area contributed by atoms with Crippen LogP contribution in [0, 0.1) is 0 Å². The minimum atomic E-state index is 0.427. The molecule has 1 nitrogen and oxygen atoms in total. The van der Waals surface area contributed by atoms with Gasteiger partial charge < -0.3 is 0 Å². The van der Waals surface area contributed by atoms with E-state index >= 15 is 0 Å². The summed E-state index contributed by atoms with van der Waals surface area (Å²) in [5, 5.41) is 2.09. The molecule has 0 N–H and O–H groups in total. The summed E-state index contributed by atoms with van der Waals surface area (Å²) in [6.45, 7) is 4.34. The number of aldehydes is 1. The molecule has 1 atom stereocenters. The Morgan fingerprint density at radius 3 is 2.59 bits per heavy atom. The lowest BCUT2D eigenvalue weighted by Crippen LogP contribution is -1.92. The van der Waals surface area contributed by atoms with Gasteiger partial charge in [0.05, 0.1) is 9.75 Å². The van der Waals surface area contributed by atoms with Gasteiger partial charge in [0.15, 0.2) is 6.29 Å². The van der Waals surface area contributed by atoms with Crippen molar-refractivity contribution in [2.45, 2.75) is 26.2 Å². The summed E-state index contributed by atoms with van der Waals surface area (Å²) in [7, 11) is 0. The fraction of sp³-hybridized carbons (Fsp3) is 0.235. The molecule has 0 aliphatic rings. The van der Waals surface area contributed by atoms with E-state index in [-0.39, 0.29) is 0 Å². The van der Waals surface area contributed by atoms with Crippen LogP contribution in [0.2, 0.25) is 0 Å². The van der Waals surface area contributed by atoms with E-state index in [1.165, 1.54) is 25.1 Å². The number of hydrogen-bond acceptors (Lipinski definition) is 4. The van der Waals surface area contributed by atoms with E-state index < -0.39 is 0 Å². The highest BCUT2D eigenvalue weighted by atomic mass is 79.9. The van der Waals surface area contributed by atoms with Gasteiger partial charge >= 0.3 is 0 Å². The maximum Gasteiger partial charge on any atom is 0.160 e. The Hall–Kier alpha value is -0.750. The normalized spacial score (nSPS) is 12.5. The summed E-state index contributed by atoms with van der Waals surface area (Å²) in [6.07, 6.45) is 2.05. The standard InChI is InChI=1S/C17H15BrOS3/c1-3-10(2)11-8-15(22-16(11)9-19)13-4-5-14(21-13)17-12(18)6-7-20-17/h4-10H,3H2,1-2H3. The molecule has 3 aromatic heterocycles. The van der Waals surface area contributed by atoms with Crippen molar-refractivity contribution < 1.29 is 4.79 Å². The molecule has 22 heavy (non-hydrogen) atoms.